The Morgan fingerprint density at radius 1 is 1.19 bits per heavy atom. The Bertz CT molecular complexity index is 692. The molecule has 7 nitrogen and oxygen atoms in total. The highest BCUT2D eigenvalue weighted by Crippen LogP contribution is 2.10. The first-order valence-electron chi connectivity index (χ1n) is 8.49. The maximum atomic E-state index is 12.1. The normalized spacial score (nSPS) is 10.2. The number of aryl methyl sites for hydroxylation is 1. The number of hydrogen-bond acceptors (Lipinski definition) is 4. The molecule has 26 heavy (non-hydrogen) atoms. The summed E-state index contributed by atoms with van der Waals surface area (Å²) >= 11 is 0. The molecule has 0 spiro atoms. The van der Waals surface area contributed by atoms with Gasteiger partial charge in [0.2, 0.25) is 6.41 Å². The van der Waals surface area contributed by atoms with Crippen LogP contribution < -0.4 is 10.4 Å². The number of hydroxylamine groups is 1. The summed E-state index contributed by atoms with van der Waals surface area (Å²) in [4.78, 5) is 34.4. The van der Waals surface area contributed by atoms with Gasteiger partial charge in [-0.1, -0.05) is 43.3 Å². The number of anilines is 1. The summed E-state index contributed by atoms with van der Waals surface area (Å²) in [6.07, 6.45) is 3.14. The van der Waals surface area contributed by atoms with Crippen molar-refractivity contribution in [1.29, 1.82) is 0 Å². The predicted molar refractivity (Wildman–Crippen MR) is 99.4 cm³/mol. The fraction of sp³-hybridized carbons (Fsp3) is 0.316. The van der Waals surface area contributed by atoms with Gasteiger partial charge in [-0.2, -0.15) is 5.06 Å². The van der Waals surface area contributed by atoms with Crippen molar-refractivity contribution in [2.75, 3.05) is 25.3 Å². The molecule has 0 aliphatic heterocycles. The van der Waals surface area contributed by atoms with Crippen molar-refractivity contribution in [3.05, 3.63) is 59.8 Å². The molecule has 1 aromatic heterocycles. The predicted octanol–water partition coefficient (Wildman–Crippen LogP) is 2.38. The molecule has 3 amide bonds. The highest BCUT2D eigenvalue weighted by atomic mass is 16.7. The average Bonchev–Trinajstić information content (AvgIpc) is 2.70. The molecule has 0 fully saturated rings. The number of carbonyl (C=O) groups excluding carboxylic acids is 2. The summed E-state index contributed by atoms with van der Waals surface area (Å²) in [6, 6.07) is 13.1. The zero-order chi connectivity index (χ0) is 18.8. The molecule has 0 aliphatic rings. The Balaban J connectivity index is 1.75. The van der Waals surface area contributed by atoms with Crippen LogP contribution in [0.5, 0.6) is 0 Å². The van der Waals surface area contributed by atoms with Gasteiger partial charge >= 0.3 is 6.03 Å². The molecule has 0 saturated carbocycles. The minimum atomic E-state index is -0.208. The third-order valence-electron chi connectivity index (χ3n) is 3.83. The van der Waals surface area contributed by atoms with E-state index in [1.165, 1.54) is 4.90 Å². The van der Waals surface area contributed by atoms with Crippen LogP contribution >= 0.6 is 0 Å². The van der Waals surface area contributed by atoms with Crippen molar-refractivity contribution in [3.63, 3.8) is 0 Å². The van der Waals surface area contributed by atoms with E-state index in [4.69, 9.17) is 4.84 Å². The third kappa shape index (κ3) is 5.86. The van der Waals surface area contributed by atoms with Gasteiger partial charge in [0.1, 0.15) is 0 Å². The third-order valence-corrected chi connectivity index (χ3v) is 3.83. The molecule has 0 aliphatic carbocycles. The lowest BCUT2D eigenvalue weighted by Gasteiger charge is -2.20. The fourth-order valence-corrected chi connectivity index (χ4v) is 2.19. The quantitative estimate of drug-likeness (QED) is 0.553. The molecule has 2 rings (SSSR count). The van der Waals surface area contributed by atoms with Gasteiger partial charge in [-0.25, -0.2) is 9.78 Å². The fourth-order valence-electron chi connectivity index (χ4n) is 2.19. The van der Waals surface area contributed by atoms with Gasteiger partial charge in [-0.15, -0.1) is 0 Å². The first-order chi connectivity index (χ1) is 12.6. The molecule has 1 N–H and O–H groups in total. The second kappa shape index (κ2) is 10.1. The molecule has 0 atom stereocenters. The Kier molecular flexibility index (Phi) is 7.57. The molecule has 138 valence electrons. The molecular weight excluding hydrogens is 332 g/mol. The van der Waals surface area contributed by atoms with Crippen LogP contribution in [0.4, 0.5) is 10.6 Å². The minimum Gasteiger partial charge on any atom is -0.334 e. The molecule has 0 unspecified atom stereocenters. The van der Waals surface area contributed by atoms with Gasteiger partial charge < -0.3 is 10.2 Å². The van der Waals surface area contributed by atoms with E-state index in [9.17, 15) is 9.59 Å². The van der Waals surface area contributed by atoms with E-state index in [-0.39, 0.29) is 12.6 Å². The lowest BCUT2D eigenvalue weighted by molar-refractivity contribution is -0.114. The van der Waals surface area contributed by atoms with E-state index in [1.54, 1.807) is 19.3 Å². The summed E-state index contributed by atoms with van der Waals surface area (Å²) in [5.74, 6) is 0.411. The minimum absolute atomic E-state index is 0.172. The molecular formula is C19H24N4O3. The number of hydrogen-bond donors (Lipinski definition) is 1. The molecule has 1 heterocycles. The van der Waals surface area contributed by atoms with E-state index in [0.29, 0.717) is 25.3 Å². The molecule has 2 aromatic rings. The monoisotopic (exact) mass is 356 g/mol. The lowest BCUT2D eigenvalue weighted by atomic mass is 10.2. The van der Waals surface area contributed by atoms with Crippen molar-refractivity contribution >= 4 is 18.3 Å². The van der Waals surface area contributed by atoms with Gasteiger partial charge in [0.05, 0.1) is 6.61 Å². The molecule has 7 heteroatoms. The first kappa shape index (κ1) is 19.4. The average molecular weight is 356 g/mol. The number of carbonyl (C=O) groups is 2. The summed E-state index contributed by atoms with van der Waals surface area (Å²) in [6.45, 7) is 2.99. The van der Waals surface area contributed by atoms with Crippen molar-refractivity contribution in [2.45, 2.75) is 19.9 Å². The van der Waals surface area contributed by atoms with E-state index < -0.39 is 0 Å². The van der Waals surface area contributed by atoms with Gasteiger partial charge in [0, 0.05) is 26.3 Å². The Morgan fingerprint density at radius 3 is 2.58 bits per heavy atom. The highest BCUT2D eigenvalue weighted by molar-refractivity contribution is 5.73. The molecule has 0 saturated heterocycles. The van der Waals surface area contributed by atoms with E-state index in [2.05, 4.69) is 10.3 Å². The lowest BCUT2D eigenvalue weighted by Crippen LogP contribution is -2.39. The molecule has 1 aromatic carbocycles. The smallest absolute Gasteiger partial charge is 0.317 e. The van der Waals surface area contributed by atoms with Crippen LogP contribution in [0.15, 0.2) is 48.7 Å². The van der Waals surface area contributed by atoms with Crippen LogP contribution in [0.25, 0.3) is 0 Å². The van der Waals surface area contributed by atoms with Gasteiger partial charge in [0.25, 0.3) is 0 Å². The number of benzene rings is 1. The van der Waals surface area contributed by atoms with Gasteiger partial charge in [-0.3, -0.25) is 9.63 Å². The SMILES string of the molecule is CCc1ccc(N(C=O)OCCN(C)C(=O)NCc2ccccc2)nc1. The van der Waals surface area contributed by atoms with Crippen LogP contribution in [-0.4, -0.2) is 42.5 Å². The number of likely N-dealkylation sites (N-methyl/N-ethyl adjacent to an activating group) is 1. The zero-order valence-electron chi connectivity index (χ0n) is 15.1. The maximum Gasteiger partial charge on any atom is 0.317 e. The first-order valence-corrected chi connectivity index (χ1v) is 8.49. The topological polar surface area (TPSA) is 74.8 Å². The maximum absolute atomic E-state index is 12.1. The summed E-state index contributed by atoms with van der Waals surface area (Å²) < 4.78 is 0. The summed E-state index contributed by atoms with van der Waals surface area (Å²) in [5.41, 5.74) is 2.11. The van der Waals surface area contributed by atoms with Crippen molar-refractivity contribution < 1.29 is 14.4 Å². The van der Waals surface area contributed by atoms with Crippen LogP contribution in [0.3, 0.4) is 0 Å². The van der Waals surface area contributed by atoms with E-state index >= 15 is 0 Å². The standard InChI is InChI=1S/C19H24N4O3/c1-3-16-9-10-18(20-13-16)23(15-24)26-12-11-22(2)19(25)21-14-17-7-5-4-6-8-17/h4-10,13,15H,3,11-12,14H2,1-2H3,(H,21,25). The number of nitrogens with zero attached hydrogens (tertiary/aromatic N) is 3. The van der Waals surface area contributed by atoms with Crippen molar-refractivity contribution in [2.24, 2.45) is 0 Å². The Morgan fingerprint density at radius 2 is 1.96 bits per heavy atom. The van der Waals surface area contributed by atoms with Crippen LogP contribution in [0.2, 0.25) is 0 Å². The number of pyridine rings is 1. The number of urea groups is 1. The van der Waals surface area contributed by atoms with Gasteiger partial charge in [-0.05, 0) is 23.6 Å². The van der Waals surface area contributed by atoms with Crippen LogP contribution in [0.1, 0.15) is 18.1 Å². The zero-order valence-corrected chi connectivity index (χ0v) is 15.1. The molecule has 0 bridgehead atoms. The highest BCUT2D eigenvalue weighted by Gasteiger charge is 2.11. The Labute approximate surface area is 153 Å². The van der Waals surface area contributed by atoms with Gasteiger partial charge in [0.15, 0.2) is 5.82 Å². The Hall–Kier alpha value is -2.93. The second-order valence-electron chi connectivity index (χ2n) is 5.71. The number of amides is 3. The summed E-state index contributed by atoms with van der Waals surface area (Å²) in [7, 11) is 1.67. The van der Waals surface area contributed by atoms with Crippen molar-refractivity contribution in [3.8, 4) is 0 Å². The van der Waals surface area contributed by atoms with Crippen LogP contribution in [-0.2, 0) is 22.6 Å². The van der Waals surface area contributed by atoms with Crippen LogP contribution in [0, 0.1) is 0 Å². The number of aromatic nitrogens is 1. The summed E-state index contributed by atoms with van der Waals surface area (Å²) in [5, 5.41) is 3.90. The second-order valence-corrected chi connectivity index (χ2v) is 5.71. The van der Waals surface area contributed by atoms with E-state index in [1.807, 2.05) is 43.3 Å². The van der Waals surface area contributed by atoms with E-state index in [0.717, 1.165) is 22.6 Å². The number of nitrogens with one attached hydrogen (secondary N) is 1. The molecule has 0 radical (unpaired) electrons. The van der Waals surface area contributed by atoms with Crippen molar-refractivity contribution in [1.82, 2.24) is 15.2 Å². The largest absolute Gasteiger partial charge is 0.334 e. The number of rotatable bonds is 9.